The number of rotatable bonds is 7. The Morgan fingerprint density at radius 3 is 2.38 bits per heavy atom. The molecular formula is C31H41NO4S. The monoisotopic (exact) mass is 523 g/mol. The van der Waals surface area contributed by atoms with Crippen molar-refractivity contribution in [3.8, 4) is 17.2 Å². The Bertz CT molecular complexity index is 1130. The molecule has 200 valence electrons. The quantitative estimate of drug-likeness (QED) is 0.177. The van der Waals surface area contributed by atoms with Gasteiger partial charge in [-0.15, -0.1) is 0 Å². The molecule has 37 heavy (non-hydrogen) atoms. The first kappa shape index (κ1) is 28.9. The van der Waals surface area contributed by atoms with Crippen LogP contribution in [0.2, 0.25) is 0 Å². The highest BCUT2D eigenvalue weighted by Crippen LogP contribution is 2.45. The van der Waals surface area contributed by atoms with E-state index in [9.17, 15) is 0 Å². The van der Waals surface area contributed by atoms with Gasteiger partial charge in [-0.05, 0) is 73.7 Å². The maximum absolute atomic E-state index is 6.16. The zero-order valence-corrected chi connectivity index (χ0v) is 24.1. The van der Waals surface area contributed by atoms with Crippen molar-refractivity contribution < 1.29 is 18.7 Å². The van der Waals surface area contributed by atoms with E-state index in [-0.39, 0.29) is 0 Å². The molecule has 6 heteroatoms. The van der Waals surface area contributed by atoms with Crippen molar-refractivity contribution in [1.29, 1.82) is 0 Å². The molecule has 2 aliphatic rings. The largest absolute Gasteiger partial charge is 0.494 e. The molecule has 0 bridgehead atoms. The second-order valence-corrected chi connectivity index (χ2v) is 9.30. The molecule has 0 N–H and O–H groups in total. The fourth-order valence-electron chi connectivity index (χ4n) is 4.78. The summed E-state index contributed by atoms with van der Waals surface area (Å²) in [6, 6.07) is 19.2. The minimum Gasteiger partial charge on any atom is -0.494 e. The van der Waals surface area contributed by atoms with Crippen LogP contribution in [0.15, 0.2) is 59.5 Å². The average Bonchev–Trinajstić information content (AvgIpc) is 2.94. The number of benzene rings is 3. The maximum atomic E-state index is 6.16. The fourth-order valence-corrected chi connectivity index (χ4v) is 5.34. The van der Waals surface area contributed by atoms with E-state index in [4.69, 9.17) is 18.7 Å². The van der Waals surface area contributed by atoms with Gasteiger partial charge in [-0.1, -0.05) is 57.5 Å². The molecule has 1 atom stereocenters. The third kappa shape index (κ3) is 6.81. The van der Waals surface area contributed by atoms with Gasteiger partial charge in [0.25, 0.3) is 0 Å². The maximum Gasteiger partial charge on any atom is 0.209 e. The number of fused-ring (bicyclic) bond motifs is 4. The lowest BCUT2D eigenvalue weighted by Crippen LogP contribution is -2.39. The van der Waals surface area contributed by atoms with Gasteiger partial charge in [-0.25, -0.2) is 0 Å². The summed E-state index contributed by atoms with van der Waals surface area (Å²) in [6.07, 6.45) is 1.92. The van der Waals surface area contributed by atoms with Crippen LogP contribution in [-0.2, 0) is 24.3 Å². The molecule has 3 aromatic carbocycles. The van der Waals surface area contributed by atoms with Crippen molar-refractivity contribution in [2.45, 2.75) is 71.9 Å². The summed E-state index contributed by atoms with van der Waals surface area (Å²) in [5, 5.41) is 0. The lowest BCUT2D eigenvalue weighted by molar-refractivity contribution is -0.178. The highest BCUT2D eigenvalue weighted by molar-refractivity contribution is 7.95. The van der Waals surface area contributed by atoms with Crippen molar-refractivity contribution in [1.82, 2.24) is 4.90 Å². The number of hydrogen-bond acceptors (Lipinski definition) is 6. The van der Waals surface area contributed by atoms with Gasteiger partial charge in [0.2, 0.25) is 5.75 Å². The molecule has 0 saturated heterocycles. The minimum absolute atomic E-state index is 0.307. The SMILES string of the molecule is CC.CC.CCOc1cccc2c1CN1CCc3cc(OOC)c(OSc4ccc(C)cc4)cc3C1C2. The molecule has 0 amide bonds. The average molecular weight is 524 g/mol. The standard InChI is InChI=1S/C27H29NO4S.2C2H6/c1-4-30-25-7-5-6-19-14-24-22-16-27(32-33-21-10-8-18(2)9-11-21)26(31-29-3)15-20(22)12-13-28(24)17-23(19)25;2*1-2/h5-11,15-16,24H,4,12-14,17H2,1-3H3;2*1-2H3. The Hall–Kier alpha value is -2.67. The topological polar surface area (TPSA) is 40.2 Å². The van der Waals surface area contributed by atoms with E-state index in [0.717, 1.165) is 36.6 Å². The molecule has 0 fully saturated rings. The molecular weight excluding hydrogens is 482 g/mol. The van der Waals surface area contributed by atoms with E-state index in [2.05, 4.69) is 66.4 Å². The van der Waals surface area contributed by atoms with Gasteiger partial charge < -0.3 is 13.8 Å². The minimum atomic E-state index is 0.307. The Morgan fingerprint density at radius 1 is 0.919 bits per heavy atom. The van der Waals surface area contributed by atoms with E-state index in [1.165, 1.54) is 47.0 Å². The summed E-state index contributed by atoms with van der Waals surface area (Å²) in [5.74, 6) is 2.30. The van der Waals surface area contributed by atoms with Gasteiger partial charge in [0.1, 0.15) is 5.75 Å². The van der Waals surface area contributed by atoms with Crippen molar-refractivity contribution in [2.75, 3.05) is 20.3 Å². The molecule has 5 nitrogen and oxygen atoms in total. The number of ether oxygens (including phenoxy) is 1. The van der Waals surface area contributed by atoms with E-state index < -0.39 is 0 Å². The third-order valence-corrected chi connectivity index (χ3v) is 7.13. The first-order chi connectivity index (χ1) is 18.2. The van der Waals surface area contributed by atoms with Crippen LogP contribution < -0.4 is 13.8 Å². The van der Waals surface area contributed by atoms with Crippen LogP contribution in [-0.4, -0.2) is 25.2 Å². The van der Waals surface area contributed by atoms with Crippen LogP contribution in [0.3, 0.4) is 0 Å². The number of aryl methyl sites for hydroxylation is 1. The van der Waals surface area contributed by atoms with Gasteiger partial charge in [0.05, 0.1) is 25.8 Å². The van der Waals surface area contributed by atoms with Gasteiger partial charge in [-0.2, -0.15) is 4.89 Å². The fraction of sp³-hybridized carbons (Fsp3) is 0.419. The zero-order valence-electron chi connectivity index (χ0n) is 23.3. The molecule has 0 aliphatic carbocycles. The number of hydrogen-bond donors (Lipinski definition) is 0. The van der Waals surface area contributed by atoms with Crippen molar-refractivity contribution in [3.63, 3.8) is 0 Å². The Kier molecular flexibility index (Phi) is 11.2. The molecule has 0 saturated carbocycles. The van der Waals surface area contributed by atoms with E-state index in [1.54, 1.807) is 0 Å². The lowest BCUT2D eigenvalue weighted by atomic mass is 9.83. The zero-order chi connectivity index (χ0) is 26.8. The normalized spacial score (nSPS) is 15.5. The van der Waals surface area contributed by atoms with Gasteiger partial charge >= 0.3 is 0 Å². The molecule has 2 heterocycles. The molecule has 2 aliphatic heterocycles. The predicted molar refractivity (Wildman–Crippen MR) is 153 cm³/mol. The Morgan fingerprint density at radius 2 is 1.68 bits per heavy atom. The highest BCUT2D eigenvalue weighted by Gasteiger charge is 2.34. The molecule has 3 aromatic rings. The molecule has 0 spiro atoms. The summed E-state index contributed by atoms with van der Waals surface area (Å²) < 4.78 is 12.1. The van der Waals surface area contributed by atoms with Crippen LogP contribution in [0.25, 0.3) is 0 Å². The van der Waals surface area contributed by atoms with E-state index in [0.29, 0.717) is 24.1 Å². The predicted octanol–water partition coefficient (Wildman–Crippen LogP) is 8.13. The second kappa shape index (κ2) is 14.3. The lowest BCUT2D eigenvalue weighted by Gasteiger charge is -2.42. The summed E-state index contributed by atoms with van der Waals surface area (Å²) in [7, 11) is 1.52. The van der Waals surface area contributed by atoms with E-state index >= 15 is 0 Å². The first-order valence-corrected chi connectivity index (χ1v) is 14.2. The smallest absolute Gasteiger partial charge is 0.209 e. The van der Waals surface area contributed by atoms with Crippen LogP contribution in [0.5, 0.6) is 17.2 Å². The second-order valence-electron chi connectivity index (χ2n) is 8.49. The van der Waals surface area contributed by atoms with Gasteiger partial charge in [0, 0.05) is 29.6 Å². The molecule has 1 unspecified atom stereocenters. The Labute approximate surface area is 227 Å². The molecule has 0 aromatic heterocycles. The molecule has 5 rings (SSSR count). The summed E-state index contributed by atoms with van der Waals surface area (Å²) in [6.45, 7) is 14.7. The molecule has 0 radical (unpaired) electrons. The van der Waals surface area contributed by atoms with Crippen LogP contribution in [0.1, 0.15) is 68.5 Å². The van der Waals surface area contributed by atoms with Gasteiger partial charge in [-0.3, -0.25) is 4.90 Å². The van der Waals surface area contributed by atoms with Gasteiger partial charge in [0.15, 0.2) is 5.75 Å². The highest BCUT2D eigenvalue weighted by atomic mass is 32.2. The summed E-state index contributed by atoms with van der Waals surface area (Å²) in [4.78, 5) is 14.1. The Balaban J connectivity index is 0.000000907. The van der Waals surface area contributed by atoms with E-state index in [1.807, 2.05) is 34.6 Å². The van der Waals surface area contributed by atoms with Crippen LogP contribution in [0.4, 0.5) is 0 Å². The van der Waals surface area contributed by atoms with Crippen molar-refractivity contribution in [3.05, 3.63) is 82.4 Å². The van der Waals surface area contributed by atoms with Crippen LogP contribution >= 0.6 is 12.0 Å². The third-order valence-electron chi connectivity index (χ3n) is 6.40. The summed E-state index contributed by atoms with van der Waals surface area (Å²) >= 11 is 1.33. The summed E-state index contributed by atoms with van der Waals surface area (Å²) in [5.41, 5.74) is 6.51. The van der Waals surface area contributed by atoms with Crippen molar-refractivity contribution >= 4 is 12.0 Å². The van der Waals surface area contributed by atoms with Crippen LogP contribution in [0, 0.1) is 6.92 Å². The van der Waals surface area contributed by atoms with Crippen molar-refractivity contribution in [2.24, 2.45) is 0 Å². The first-order valence-electron chi connectivity index (χ1n) is 13.4. The number of nitrogens with zero attached hydrogens (tertiary/aromatic N) is 1.